The number of benzene rings is 5. The Balaban J connectivity index is 1.38. The highest BCUT2D eigenvalue weighted by Crippen LogP contribution is 2.42. The first-order valence-electron chi connectivity index (χ1n) is 14.3. The van der Waals surface area contributed by atoms with Crippen LogP contribution in [-0.2, 0) is 0 Å². The van der Waals surface area contributed by atoms with Crippen LogP contribution in [-0.4, -0.2) is 15.0 Å². The number of furan rings is 1. The standard InChI is InChI=1S/C39H25N3OS/c1-3-12-24(4-2)37-40-38(25-13-6-5-7-14-25)42-39(41-37)29-17-10-18-32-35(29)30-23-26(21-22-31(30)43-32)27-16-11-20-34-36(27)28-15-8-9-19-33(28)44-34/h3-23H,1-2H2/b24-12+. The lowest BCUT2D eigenvalue weighted by molar-refractivity contribution is 0.669. The molecule has 44 heavy (non-hydrogen) atoms. The number of hydrogen-bond acceptors (Lipinski definition) is 5. The third kappa shape index (κ3) is 4.25. The molecular weight excluding hydrogens is 559 g/mol. The second kappa shape index (κ2) is 10.6. The van der Waals surface area contributed by atoms with Gasteiger partial charge in [0, 0.05) is 47.6 Å². The minimum atomic E-state index is 0.533. The molecule has 208 valence electrons. The Morgan fingerprint density at radius 1 is 0.614 bits per heavy atom. The Morgan fingerprint density at radius 2 is 1.39 bits per heavy atom. The van der Waals surface area contributed by atoms with E-state index in [1.807, 2.05) is 59.9 Å². The van der Waals surface area contributed by atoms with Crippen molar-refractivity contribution < 1.29 is 4.42 Å². The molecule has 3 aromatic heterocycles. The number of hydrogen-bond donors (Lipinski definition) is 0. The van der Waals surface area contributed by atoms with Crippen LogP contribution in [0.1, 0.15) is 5.82 Å². The quantitative estimate of drug-likeness (QED) is 0.183. The summed E-state index contributed by atoms with van der Waals surface area (Å²) in [7, 11) is 0. The largest absolute Gasteiger partial charge is 0.456 e. The molecule has 5 heteroatoms. The smallest absolute Gasteiger partial charge is 0.164 e. The van der Waals surface area contributed by atoms with Crippen LogP contribution < -0.4 is 0 Å². The van der Waals surface area contributed by atoms with Gasteiger partial charge >= 0.3 is 0 Å². The molecule has 0 saturated heterocycles. The summed E-state index contributed by atoms with van der Waals surface area (Å²) < 4.78 is 8.96. The number of allylic oxidation sites excluding steroid dienone is 4. The average molecular weight is 584 g/mol. The average Bonchev–Trinajstić information content (AvgIpc) is 3.65. The number of nitrogens with zero attached hydrogens (tertiary/aromatic N) is 3. The van der Waals surface area contributed by atoms with Crippen molar-refractivity contribution in [3.63, 3.8) is 0 Å². The second-order valence-electron chi connectivity index (χ2n) is 10.5. The van der Waals surface area contributed by atoms with Crippen molar-refractivity contribution >= 4 is 59.0 Å². The van der Waals surface area contributed by atoms with E-state index in [0.29, 0.717) is 17.5 Å². The van der Waals surface area contributed by atoms with E-state index >= 15 is 0 Å². The van der Waals surface area contributed by atoms with Gasteiger partial charge in [0.15, 0.2) is 17.5 Å². The Bertz CT molecular complexity index is 2430. The molecule has 0 spiro atoms. The molecule has 0 bridgehead atoms. The molecule has 4 nitrogen and oxygen atoms in total. The lowest BCUT2D eigenvalue weighted by Crippen LogP contribution is -2.02. The maximum atomic E-state index is 6.39. The first-order chi connectivity index (χ1) is 21.7. The van der Waals surface area contributed by atoms with Crippen LogP contribution in [0.5, 0.6) is 0 Å². The fourth-order valence-corrected chi connectivity index (χ4v) is 7.03. The lowest BCUT2D eigenvalue weighted by Gasteiger charge is -2.09. The predicted octanol–water partition coefficient (Wildman–Crippen LogP) is 10.9. The Labute approximate surface area is 258 Å². The van der Waals surface area contributed by atoms with Gasteiger partial charge in [-0.25, -0.2) is 15.0 Å². The van der Waals surface area contributed by atoms with Crippen LogP contribution in [0.3, 0.4) is 0 Å². The zero-order valence-corrected chi connectivity index (χ0v) is 24.5. The van der Waals surface area contributed by atoms with E-state index < -0.39 is 0 Å². The molecule has 0 amide bonds. The highest BCUT2D eigenvalue weighted by molar-refractivity contribution is 7.25. The van der Waals surface area contributed by atoms with Gasteiger partial charge in [-0.3, -0.25) is 0 Å². The lowest BCUT2D eigenvalue weighted by atomic mass is 9.97. The van der Waals surface area contributed by atoms with Crippen LogP contribution in [0.25, 0.3) is 81.6 Å². The van der Waals surface area contributed by atoms with Crippen LogP contribution in [0.4, 0.5) is 0 Å². The maximum Gasteiger partial charge on any atom is 0.164 e. The highest BCUT2D eigenvalue weighted by Gasteiger charge is 2.19. The molecule has 0 atom stereocenters. The minimum absolute atomic E-state index is 0.533. The molecule has 0 N–H and O–H groups in total. The molecule has 5 aromatic carbocycles. The summed E-state index contributed by atoms with van der Waals surface area (Å²) in [6.45, 7) is 7.85. The van der Waals surface area contributed by atoms with Crippen molar-refractivity contribution in [3.8, 4) is 33.9 Å². The van der Waals surface area contributed by atoms with Crippen molar-refractivity contribution in [2.24, 2.45) is 0 Å². The molecule has 0 aliphatic heterocycles. The van der Waals surface area contributed by atoms with Crippen molar-refractivity contribution in [1.82, 2.24) is 15.0 Å². The fraction of sp³-hybridized carbons (Fsp3) is 0. The Morgan fingerprint density at radius 3 is 2.25 bits per heavy atom. The van der Waals surface area contributed by atoms with Gasteiger partial charge in [-0.2, -0.15) is 0 Å². The summed E-state index contributed by atoms with van der Waals surface area (Å²) in [5, 5.41) is 4.54. The topological polar surface area (TPSA) is 51.8 Å². The Hall–Kier alpha value is -5.65. The van der Waals surface area contributed by atoms with E-state index in [1.54, 1.807) is 12.2 Å². The predicted molar refractivity (Wildman–Crippen MR) is 185 cm³/mol. The zero-order valence-electron chi connectivity index (χ0n) is 23.7. The van der Waals surface area contributed by atoms with E-state index in [0.717, 1.165) is 44.2 Å². The van der Waals surface area contributed by atoms with Crippen LogP contribution in [0, 0.1) is 0 Å². The third-order valence-electron chi connectivity index (χ3n) is 7.89. The summed E-state index contributed by atoms with van der Waals surface area (Å²) in [6, 6.07) is 37.6. The van der Waals surface area contributed by atoms with Crippen molar-refractivity contribution in [1.29, 1.82) is 0 Å². The highest BCUT2D eigenvalue weighted by atomic mass is 32.1. The molecule has 0 unspecified atom stereocenters. The summed E-state index contributed by atoms with van der Waals surface area (Å²) in [5.41, 5.74) is 6.48. The monoisotopic (exact) mass is 583 g/mol. The molecule has 0 aliphatic rings. The van der Waals surface area contributed by atoms with E-state index in [9.17, 15) is 0 Å². The molecule has 3 heterocycles. The van der Waals surface area contributed by atoms with Gasteiger partial charge < -0.3 is 4.42 Å². The number of fused-ring (bicyclic) bond motifs is 6. The number of rotatable bonds is 6. The molecule has 0 saturated carbocycles. The summed E-state index contributed by atoms with van der Waals surface area (Å²) in [4.78, 5) is 14.8. The van der Waals surface area contributed by atoms with Gasteiger partial charge in [0.2, 0.25) is 0 Å². The Kier molecular flexibility index (Phi) is 6.25. The molecular formula is C39H25N3OS. The van der Waals surface area contributed by atoms with Gasteiger partial charge in [0.1, 0.15) is 11.2 Å². The van der Waals surface area contributed by atoms with E-state index in [4.69, 9.17) is 19.4 Å². The van der Waals surface area contributed by atoms with Gasteiger partial charge in [0.05, 0.1) is 0 Å². The first kappa shape index (κ1) is 26.0. The van der Waals surface area contributed by atoms with Crippen LogP contribution >= 0.6 is 11.3 Å². The summed E-state index contributed by atoms with van der Waals surface area (Å²) in [6.07, 6.45) is 5.31. The van der Waals surface area contributed by atoms with Crippen molar-refractivity contribution in [2.75, 3.05) is 0 Å². The molecule has 0 radical (unpaired) electrons. The maximum absolute atomic E-state index is 6.39. The van der Waals surface area contributed by atoms with Crippen LogP contribution in [0.2, 0.25) is 0 Å². The van der Waals surface area contributed by atoms with Gasteiger partial charge in [-0.1, -0.05) is 110 Å². The van der Waals surface area contributed by atoms with E-state index in [1.165, 1.54) is 25.7 Å². The minimum Gasteiger partial charge on any atom is -0.456 e. The van der Waals surface area contributed by atoms with Crippen molar-refractivity contribution in [3.05, 3.63) is 146 Å². The third-order valence-corrected chi connectivity index (χ3v) is 9.03. The van der Waals surface area contributed by atoms with E-state index in [2.05, 4.69) is 79.9 Å². The van der Waals surface area contributed by atoms with Crippen molar-refractivity contribution in [2.45, 2.75) is 0 Å². The fourth-order valence-electron chi connectivity index (χ4n) is 5.90. The number of thiophene rings is 1. The van der Waals surface area contributed by atoms with E-state index in [-0.39, 0.29) is 0 Å². The zero-order chi connectivity index (χ0) is 29.6. The summed E-state index contributed by atoms with van der Waals surface area (Å²) >= 11 is 1.83. The van der Waals surface area contributed by atoms with Gasteiger partial charge in [-0.05, 0) is 41.5 Å². The molecule has 0 aliphatic carbocycles. The molecule has 8 rings (SSSR count). The second-order valence-corrected chi connectivity index (χ2v) is 11.6. The normalized spacial score (nSPS) is 12.0. The van der Waals surface area contributed by atoms with Crippen LogP contribution in [0.15, 0.2) is 145 Å². The molecule has 8 aromatic rings. The first-order valence-corrected chi connectivity index (χ1v) is 15.2. The molecule has 0 fully saturated rings. The number of aromatic nitrogens is 3. The summed E-state index contributed by atoms with van der Waals surface area (Å²) in [5.74, 6) is 1.68. The SMILES string of the molecule is C=C/C=C(\C=C)c1nc(-c2ccccc2)nc(-c2cccc3oc4ccc(-c5cccc6sc7ccccc7c56)cc4c23)n1. The van der Waals surface area contributed by atoms with Gasteiger partial charge in [0.25, 0.3) is 0 Å². The van der Waals surface area contributed by atoms with Gasteiger partial charge in [-0.15, -0.1) is 11.3 Å².